The normalized spacial score (nSPS) is 11.6. The molecule has 21 heavy (non-hydrogen) atoms. The lowest BCUT2D eigenvalue weighted by Crippen LogP contribution is -2.21. The lowest BCUT2D eigenvalue weighted by molar-refractivity contribution is -0.115. The van der Waals surface area contributed by atoms with Gasteiger partial charge in [0, 0.05) is 4.88 Å². The standard InChI is InChI=1S/C11H10F3N3OS3/c1-6-2-3-8(20-6)7(18)4-19-10-17-16-9(21-10)15-5-11(12,13)14/h2-3H,4-5H2,1H3,(H,15,16). The molecule has 0 aromatic carbocycles. The zero-order chi connectivity index (χ0) is 15.5. The zero-order valence-corrected chi connectivity index (χ0v) is 13.2. The van der Waals surface area contributed by atoms with Crippen molar-refractivity contribution >= 4 is 45.4 Å². The van der Waals surface area contributed by atoms with Gasteiger partial charge in [-0.25, -0.2) is 0 Å². The summed E-state index contributed by atoms with van der Waals surface area (Å²) in [7, 11) is 0. The second kappa shape index (κ2) is 6.75. The SMILES string of the molecule is Cc1ccc(C(=O)CSc2nnc(NCC(F)(F)F)s2)s1. The molecule has 0 aliphatic carbocycles. The van der Waals surface area contributed by atoms with Gasteiger partial charge in [-0.15, -0.1) is 21.5 Å². The molecule has 0 aliphatic heterocycles. The molecule has 0 fully saturated rings. The van der Waals surface area contributed by atoms with E-state index in [1.807, 2.05) is 13.0 Å². The maximum absolute atomic E-state index is 12.0. The van der Waals surface area contributed by atoms with E-state index in [2.05, 4.69) is 15.5 Å². The number of Topliss-reactive ketones (excluding diaryl/α,β-unsaturated/α-hetero) is 1. The molecular weight excluding hydrogens is 343 g/mol. The highest BCUT2D eigenvalue weighted by Gasteiger charge is 2.27. The number of aryl methyl sites for hydroxylation is 1. The molecule has 2 heterocycles. The average molecular weight is 353 g/mol. The topological polar surface area (TPSA) is 54.9 Å². The van der Waals surface area contributed by atoms with Gasteiger partial charge in [0.25, 0.3) is 0 Å². The Balaban J connectivity index is 1.84. The maximum atomic E-state index is 12.0. The first-order valence-electron chi connectivity index (χ1n) is 5.70. The number of carbonyl (C=O) groups excluding carboxylic acids is 1. The molecule has 2 aromatic rings. The number of rotatable bonds is 6. The Kier molecular flexibility index (Phi) is 5.22. The largest absolute Gasteiger partial charge is 0.405 e. The van der Waals surface area contributed by atoms with Crippen LogP contribution >= 0.6 is 34.4 Å². The molecule has 0 radical (unpaired) electrons. The molecule has 0 amide bonds. The van der Waals surface area contributed by atoms with Crippen LogP contribution in [0.3, 0.4) is 0 Å². The van der Waals surface area contributed by atoms with E-state index in [1.165, 1.54) is 23.1 Å². The smallest absolute Gasteiger partial charge is 0.351 e. The molecule has 0 spiro atoms. The van der Waals surface area contributed by atoms with E-state index in [1.54, 1.807) is 6.07 Å². The summed E-state index contributed by atoms with van der Waals surface area (Å²) in [5.41, 5.74) is 0. The number of alkyl halides is 3. The summed E-state index contributed by atoms with van der Waals surface area (Å²) in [5, 5.41) is 9.59. The molecule has 2 rings (SSSR count). The van der Waals surface area contributed by atoms with Gasteiger partial charge in [-0.1, -0.05) is 23.1 Å². The van der Waals surface area contributed by atoms with Crippen LogP contribution in [0.2, 0.25) is 0 Å². The molecule has 0 bridgehead atoms. The Morgan fingerprint density at radius 3 is 2.71 bits per heavy atom. The van der Waals surface area contributed by atoms with Crippen LogP contribution < -0.4 is 5.32 Å². The van der Waals surface area contributed by atoms with E-state index in [0.29, 0.717) is 9.22 Å². The van der Waals surface area contributed by atoms with Crippen molar-refractivity contribution in [2.24, 2.45) is 0 Å². The molecule has 10 heteroatoms. The fourth-order valence-electron chi connectivity index (χ4n) is 1.30. The molecule has 0 atom stereocenters. The molecule has 4 nitrogen and oxygen atoms in total. The molecular formula is C11H10F3N3OS3. The van der Waals surface area contributed by atoms with E-state index >= 15 is 0 Å². The number of ketones is 1. The van der Waals surface area contributed by atoms with Gasteiger partial charge in [-0.2, -0.15) is 13.2 Å². The third kappa shape index (κ3) is 5.29. The Morgan fingerprint density at radius 2 is 2.10 bits per heavy atom. The first-order valence-corrected chi connectivity index (χ1v) is 8.32. The van der Waals surface area contributed by atoms with Crippen molar-refractivity contribution in [2.75, 3.05) is 17.6 Å². The number of hydrogen-bond donors (Lipinski definition) is 1. The molecule has 0 saturated heterocycles. The van der Waals surface area contributed by atoms with Crippen LogP contribution in [0.25, 0.3) is 0 Å². The maximum Gasteiger partial charge on any atom is 0.405 e. The summed E-state index contributed by atoms with van der Waals surface area (Å²) in [6.45, 7) is 0.762. The Bertz CT molecular complexity index is 624. The van der Waals surface area contributed by atoms with Crippen molar-refractivity contribution in [1.29, 1.82) is 0 Å². The molecule has 0 unspecified atom stereocenters. The number of anilines is 1. The third-order valence-electron chi connectivity index (χ3n) is 2.19. The predicted molar refractivity (Wildman–Crippen MR) is 78.6 cm³/mol. The van der Waals surface area contributed by atoms with Gasteiger partial charge in [-0.05, 0) is 19.1 Å². The molecule has 2 aromatic heterocycles. The molecule has 0 aliphatic rings. The highest BCUT2D eigenvalue weighted by Crippen LogP contribution is 2.27. The number of nitrogens with zero attached hydrogens (tertiary/aromatic N) is 2. The van der Waals surface area contributed by atoms with Gasteiger partial charge in [0.15, 0.2) is 10.1 Å². The molecule has 114 valence electrons. The Hall–Kier alpha value is -1.13. The summed E-state index contributed by atoms with van der Waals surface area (Å²) in [6.07, 6.45) is -4.30. The van der Waals surface area contributed by atoms with Gasteiger partial charge in [-0.3, -0.25) is 4.79 Å². The first-order chi connectivity index (χ1) is 9.83. The highest BCUT2D eigenvalue weighted by molar-refractivity contribution is 8.01. The third-order valence-corrected chi connectivity index (χ3v) is 5.24. The van der Waals surface area contributed by atoms with Crippen LogP contribution in [-0.4, -0.2) is 34.5 Å². The van der Waals surface area contributed by atoms with E-state index < -0.39 is 12.7 Å². The van der Waals surface area contributed by atoms with E-state index in [9.17, 15) is 18.0 Å². The summed E-state index contributed by atoms with van der Waals surface area (Å²) in [4.78, 5) is 13.6. The van der Waals surface area contributed by atoms with E-state index in [-0.39, 0.29) is 16.7 Å². The first kappa shape index (κ1) is 16.2. The molecule has 1 N–H and O–H groups in total. The number of thioether (sulfide) groups is 1. The second-order valence-corrected chi connectivity index (χ2v) is 7.45. The predicted octanol–water partition coefficient (Wildman–Crippen LogP) is 3.86. The van der Waals surface area contributed by atoms with E-state index in [0.717, 1.165) is 16.2 Å². The number of carbonyl (C=O) groups is 1. The van der Waals surface area contributed by atoms with Crippen LogP contribution in [-0.2, 0) is 0 Å². The fraction of sp³-hybridized carbons (Fsp3) is 0.364. The van der Waals surface area contributed by atoms with Crippen molar-refractivity contribution in [2.45, 2.75) is 17.4 Å². The van der Waals surface area contributed by atoms with Gasteiger partial charge in [0.2, 0.25) is 5.13 Å². The van der Waals surface area contributed by atoms with Gasteiger partial charge >= 0.3 is 6.18 Å². The van der Waals surface area contributed by atoms with Crippen molar-refractivity contribution in [3.63, 3.8) is 0 Å². The van der Waals surface area contributed by atoms with Crippen LogP contribution in [0.15, 0.2) is 16.5 Å². The number of halogens is 3. The lowest BCUT2D eigenvalue weighted by atomic mass is 10.3. The minimum absolute atomic E-state index is 0.0295. The number of nitrogens with one attached hydrogen (secondary N) is 1. The summed E-state index contributed by atoms with van der Waals surface area (Å²) >= 11 is 3.58. The summed E-state index contributed by atoms with van der Waals surface area (Å²) in [5.74, 6) is 0.159. The van der Waals surface area contributed by atoms with Crippen LogP contribution in [0.1, 0.15) is 14.5 Å². The second-order valence-electron chi connectivity index (χ2n) is 3.96. The zero-order valence-electron chi connectivity index (χ0n) is 10.7. The minimum Gasteiger partial charge on any atom is -0.351 e. The Labute approximate surface area is 130 Å². The van der Waals surface area contributed by atoms with Crippen molar-refractivity contribution in [3.8, 4) is 0 Å². The minimum atomic E-state index is -4.30. The summed E-state index contributed by atoms with van der Waals surface area (Å²) in [6, 6.07) is 3.63. The Morgan fingerprint density at radius 1 is 1.33 bits per heavy atom. The van der Waals surface area contributed by atoms with Crippen LogP contribution in [0, 0.1) is 6.92 Å². The summed E-state index contributed by atoms with van der Waals surface area (Å²) < 4.78 is 36.6. The highest BCUT2D eigenvalue weighted by atomic mass is 32.2. The van der Waals surface area contributed by atoms with Crippen LogP contribution in [0.5, 0.6) is 0 Å². The van der Waals surface area contributed by atoms with Crippen LogP contribution in [0.4, 0.5) is 18.3 Å². The van der Waals surface area contributed by atoms with Gasteiger partial charge < -0.3 is 5.32 Å². The number of hydrogen-bond acceptors (Lipinski definition) is 7. The lowest BCUT2D eigenvalue weighted by Gasteiger charge is -2.05. The van der Waals surface area contributed by atoms with Gasteiger partial charge in [0.1, 0.15) is 6.54 Å². The fourth-order valence-corrected chi connectivity index (χ4v) is 3.83. The van der Waals surface area contributed by atoms with Crippen molar-refractivity contribution in [3.05, 3.63) is 21.9 Å². The van der Waals surface area contributed by atoms with Crippen molar-refractivity contribution in [1.82, 2.24) is 10.2 Å². The average Bonchev–Trinajstić information content (AvgIpc) is 3.01. The number of thiophene rings is 1. The quantitative estimate of drug-likeness (QED) is 0.631. The number of aromatic nitrogens is 2. The van der Waals surface area contributed by atoms with E-state index in [4.69, 9.17) is 0 Å². The van der Waals surface area contributed by atoms with Gasteiger partial charge in [0.05, 0.1) is 10.6 Å². The van der Waals surface area contributed by atoms with Crippen molar-refractivity contribution < 1.29 is 18.0 Å². The molecule has 0 saturated carbocycles. The monoisotopic (exact) mass is 353 g/mol.